The van der Waals surface area contributed by atoms with Gasteiger partial charge in [-0.2, -0.15) is 0 Å². The standard InChI is InChI=1S/C13H18BrNO2S/c1-9-6-11(18-12(9)14)13(16)15(2)7-10-4-3-5-17-8-10/h6,10H,3-5,7-8H2,1-2H3. The van der Waals surface area contributed by atoms with E-state index in [4.69, 9.17) is 4.74 Å². The van der Waals surface area contributed by atoms with E-state index in [-0.39, 0.29) is 5.91 Å². The first-order valence-electron chi connectivity index (χ1n) is 6.17. The van der Waals surface area contributed by atoms with Crippen LogP contribution in [0.2, 0.25) is 0 Å². The number of halogens is 1. The van der Waals surface area contributed by atoms with Crippen LogP contribution in [0.4, 0.5) is 0 Å². The highest BCUT2D eigenvalue weighted by Gasteiger charge is 2.21. The predicted octanol–water partition coefficient (Wildman–Crippen LogP) is 3.32. The summed E-state index contributed by atoms with van der Waals surface area (Å²) in [6.07, 6.45) is 2.27. The van der Waals surface area contributed by atoms with E-state index in [1.54, 1.807) is 0 Å². The number of carbonyl (C=O) groups excluding carboxylic acids is 1. The molecular formula is C13H18BrNO2S. The van der Waals surface area contributed by atoms with Gasteiger partial charge < -0.3 is 9.64 Å². The van der Waals surface area contributed by atoms with Gasteiger partial charge >= 0.3 is 0 Å². The highest BCUT2D eigenvalue weighted by Crippen LogP contribution is 2.28. The number of aryl methyl sites for hydroxylation is 1. The maximum Gasteiger partial charge on any atom is 0.263 e. The summed E-state index contributed by atoms with van der Waals surface area (Å²) < 4.78 is 6.49. The maximum atomic E-state index is 12.3. The number of amides is 1. The lowest BCUT2D eigenvalue weighted by Crippen LogP contribution is -2.34. The topological polar surface area (TPSA) is 29.5 Å². The molecule has 0 bridgehead atoms. The van der Waals surface area contributed by atoms with E-state index < -0.39 is 0 Å². The minimum absolute atomic E-state index is 0.111. The van der Waals surface area contributed by atoms with Gasteiger partial charge in [0.2, 0.25) is 0 Å². The molecule has 0 saturated carbocycles. The molecule has 0 aromatic carbocycles. The van der Waals surface area contributed by atoms with Gasteiger partial charge in [0.15, 0.2) is 0 Å². The number of hydrogen-bond acceptors (Lipinski definition) is 3. The van der Waals surface area contributed by atoms with Crippen LogP contribution in [0.15, 0.2) is 9.85 Å². The number of rotatable bonds is 3. The molecule has 0 N–H and O–H groups in total. The molecule has 1 aromatic heterocycles. The molecule has 2 heterocycles. The Morgan fingerprint density at radius 1 is 1.67 bits per heavy atom. The van der Waals surface area contributed by atoms with Crippen LogP contribution in [0.5, 0.6) is 0 Å². The molecule has 5 heteroatoms. The summed E-state index contributed by atoms with van der Waals surface area (Å²) in [6, 6.07) is 1.95. The van der Waals surface area contributed by atoms with E-state index in [0.717, 1.165) is 46.8 Å². The van der Waals surface area contributed by atoms with Crippen molar-refractivity contribution in [2.24, 2.45) is 5.92 Å². The molecule has 2 rings (SSSR count). The fraction of sp³-hybridized carbons (Fsp3) is 0.615. The summed E-state index contributed by atoms with van der Waals surface area (Å²) in [5, 5.41) is 0. The first-order chi connectivity index (χ1) is 8.58. The Hall–Kier alpha value is -0.390. The number of carbonyl (C=O) groups is 1. The van der Waals surface area contributed by atoms with Crippen LogP contribution >= 0.6 is 27.3 Å². The first-order valence-corrected chi connectivity index (χ1v) is 7.78. The van der Waals surface area contributed by atoms with Crippen LogP contribution in [-0.4, -0.2) is 37.6 Å². The van der Waals surface area contributed by atoms with Gasteiger partial charge in [-0.15, -0.1) is 11.3 Å². The van der Waals surface area contributed by atoms with E-state index in [1.807, 2.05) is 24.9 Å². The molecule has 1 aromatic rings. The molecule has 3 nitrogen and oxygen atoms in total. The second-order valence-corrected chi connectivity index (χ2v) is 7.21. The number of ether oxygens (including phenoxy) is 1. The van der Waals surface area contributed by atoms with Crippen molar-refractivity contribution in [3.8, 4) is 0 Å². The van der Waals surface area contributed by atoms with E-state index in [1.165, 1.54) is 11.3 Å². The molecule has 1 unspecified atom stereocenters. The highest BCUT2D eigenvalue weighted by molar-refractivity contribution is 9.11. The molecule has 1 fully saturated rings. The van der Waals surface area contributed by atoms with Gasteiger partial charge in [0.1, 0.15) is 0 Å². The lowest BCUT2D eigenvalue weighted by molar-refractivity contribution is 0.0390. The van der Waals surface area contributed by atoms with Gasteiger partial charge in [-0.1, -0.05) is 0 Å². The third-order valence-corrected chi connectivity index (χ3v) is 5.33. The normalized spacial score (nSPS) is 19.8. The quantitative estimate of drug-likeness (QED) is 0.850. The minimum Gasteiger partial charge on any atom is -0.381 e. The van der Waals surface area contributed by atoms with Crippen molar-refractivity contribution in [2.75, 3.05) is 26.8 Å². The van der Waals surface area contributed by atoms with Crippen molar-refractivity contribution < 1.29 is 9.53 Å². The zero-order valence-corrected chi connectivity index (χ0v) is 13.1. The lowest BCUT2D eigenvalue weighted by atomic mass is 10.0. The summed E-state index contributed by atoms with van der Waals surface area (Å²) in [5.41, 5.74) is 1.12. The molecule has 0 spiro atoms. The molecular weight excluding hydrogens is 314 g/mol. The van der Waals surface area contributed by atoms with Crippen molar-refractivity contribution in [2.45, 2.75) is 19.8 Å². The Morgan fingerprint density at radius 3 is 3.00 bits per heavy atom. The summed E-state index contributed by atoms with van der Waals surface area (Å²) in [6.45, 7) is 4.44. The maximum absolute atomic E-state index is 12.3. The summed E-state index contributed by atoms with van der Waals surface area (Å²) in [4.78, 5) is 14.9. The number of nitrogens with zero attached hydrogens (tertiary/aromatic N) is 1. The highest BCUT2D eigenvalue weighted by atomic mass is 79.9. The second-order valence-electron chi connectivity index (χ2n) is 4.84. The molecule has 1 atom stereocenters. The first kappa shape index (κ1) is 14.0. The second kappa shape index (κ2) is 6.17. The molecule has 1 amide bonds. The smallest absolute Gasteiger partial charge is 0.263 e. The zero-order chi connectivity index (χ0) is 13.1. The molecule has 18 heavy (non-hydrogen) atoms. The summed E-state index contributed by atoms with van der Waals surface area (Å²) >= 11 is 4.97. The van der Waals surface area contributed by atoms with E-state index >= 15 is 0 Å². The van der Waals surface area contributed by atoms with Crippen molar-refractivity contribution >= 4 is 33.2 Å². The van der Waals surface area contributed by atoms with Crippen LogP contribution < -0.4 is 0 Å². The van der Waals surface area contributed by atoms with Crippen molar-refractivity contribution in [3.63, 3.8) is 0 Å². The number of thiophene rings is 1. The summed E-state index contributed by atoms with van der Waals surface area (Å²) in [5.74, 6) is 0.594. The SMILES string of the molecule is Cc1cc(C(=O)N(C)CC2CCCOC2)sc1Br. The average molecular weight is 332 g/mol. The van der Waals surface area contributed by atoms with Crippen LogP contribution in [0.3, 0.4) is 0 Å². The third kappa shape index (κ3) is 3.33. The van der Waals surface area contributed by atoms with E-state index in [9.17, 15) is 4.79 Å². The number of hydrogen-bond donors (Lipinski definition) is 0. The molecule has 1 saturated heterocycles. The van der Waals surface area contributed by atoms with Gasteiger partial charge in [-0.05, 0) is 53.2 Å². The minimum atomic E-state index is 0.111. The molecule has 1 aliphatic rings. The van der Waals surface area contributed by atoms with E-state index in [0.29, 0.717) is 5.92 Å². The van der Waals surface area contributed by atoms with Gasteiger partial charge in [0, 0.05) is 20.2 Å². The van der Waals surface area contributed by atoms with Crippen molar-refractivity contribution in [1.29, 1.82) is 0 Å². The molecule has 0 radical (unpaired) electrons. The fourth-order valence-electron chi connectivity index (χ4n) is 2.17. The van der Waals surface area contributed by atoms with Gasteiger partial charge in [0.05, 0.1) is 15.3 Å². The summed E-state index contributed by atoms with van der Waals surface area (Å²) in [7, 11) is 1.87. The molecule has 100 valence electrons. The largest absolute Gasteiger partial charge is 0.381 e. The lowest BCUT2D eigenvalue weighted by Gasteiger charge is -2.26. The van der Waals surface area contributed by atoms with Crippen LogP contribution in [0.1, 0.15) is 28.1 Å². The monoisotopic (exact) mass is 331 g/mol. The van der Waals surface area contributed by atoms with Gasteiger partial charge in [0.25, 0.3) is 5.91 Å². The van der Waals surface area contributed by atoms with Crippen molar-refractivity contribution in [3.05, 3.63) is 20.3 Å². The Labute approximate surface area is 120 Å². The van der Waals surface area contributed by atoms with E-state index in [2.05, 4.69) is 15.9 Å². The Balaban J connectivity index is 1.95. The van der Waals surface area contributed by atoms with Crippen LogP contribution in [0.25, 0.3) is 0 Å². The van der Waals surface area contributed by atoms with Crippen molar-refractivity contribution in [1.82, 2.24) is 4.90 Å². The van der Waals surface area contributed by atoms with Gasteiger partial charge in [-0.3, -0.25) is 4.79 Å². The van der Waals surface area contributed by atoms with Crippen LogP contribution in [0, 0.1) is 12.8 Å². The Kier molecular flexibility index (Phi) is 4.81. The average Bonchev–Trinajstić information content (AvgIpc) is 2.70. The van der Waals surface area contributed by atoms with Crippen LogP contribution in [-0.2, 0) is 4.74 Å². The molecule has 1 aliphatic heterocycles. The Bertz CT molecular complexity index is 407. The zero-order valence-electron chi connectivity index (χ0n) is 10.7. The fourth-order valence-corrected chi connectivity index (χ4v) is 3.70. The van der Waals surface area contributed by atoms with Gasteiger partial charge in [-0.25, -0.2) is 0 Å². The predicted molar refractivity (Wildman–Crippen MR) is 77.3 cm³/mol. The Morgan fingerprint density at radius 2 is 2.44 bits per heavy atom. The molecule has 0 aliphatic carbocycles. The third-order valence-electron chi connectivity index (χ3n) is 3.20.